The molecule has 1 aliphatic carbocycles. The van der Waals surface area contributed by atoms with Gasteiger partial charge in [-0.05, 0) is 30.9 Å². The fourth-order valence-corrected chi connectivity index (χ4v) is 2.80. The molecule has 0 spiro atoms. The molecule has 0 saturated heterocycles. The summed E-state index contributed by atoms with van der Waals surface area (Å²) in [7, 11) is 0. The first-order chi connectivity index (χ1) is 10.8. The van der Waals surface area contributed by atoms with E-state index in [0.717, 1.165) is 18.6 Å². The highest BCUT2D eigenvalue weighted by molar-refractivity contribution is 5.73. The van der Waals surface area contributed by atoms with Gasteiger partial charge in [0.05, 0.1) is 12.6 Å². The van der Waals surface area contributed by atoms with Crippen LogP contribution in [-0.4, -0.2) is 36.9 Å². The standard InChI is InChI=1S/C17H26N2O3/c20-16(14-7-3-1-4-8-14)13-19-17(21)18-11-12-22-15-9-5-2-6-10-15/h2,5-6,9-10,14,16,20H,1,3-4,7-8,11-13H2,(H2,18,19,21). The molecule has 1 aliphatic rings. The number of urea groups is 1. The van der Waals surface area contributed by atoms with E-state index in [0.29, 0.717) is 25.6 Å². The molecule has 5 heteroatoms. The van der Waals surface area contributed by atoms with Crippen LogP contribution in [0.15, 0.2) is 30.3 Å². The number of amides is 2. The first-order valence-electron chi connectivity index (χ1n) is 8.13. The molecule has 1 fully saturated rings. The van der Waals surface area contributed by atoms with Crippen LogP contribution in [0.25, 0.3) is 0 Å². The summed E-state index contributed by atoms with van der Waals surface area (Å²) < 4.78 is 5.49. The minimum absolute atomic E-state index is 0.258. The van der Waals surface area contributed by atoms with E-state index in [1.54, 1.807) is 0 Å². The number of carbonyl (C=O) groups excluding carboxylic acids is 1. The van der Waals surface area contributed by atoms with Crippen LogP contribution in [-0.2, 0) is 0 Å². The van der Waals surface area contributed by atoms with Crippen molar-refractivity contribution in [2.45, 2.75) is 38.2 Å². The summed E-state index contributed by atoms with van der Waals surface area (Å²) in [5.74, 6) is 1.12. The lowest BCUT2D eigenvalue weighted by atomic mass is 9.85. The molecule has 0 radical (unpaired) electrons. The van der Waals surface area contributed by atoms with Gasteiger partial charge in [-0.3, -0.25) is 0 Å². The van der Waals surface area contributed by atoms with Gasteiger partial charge in [-0.15, -0.1) is 0 Å². The Hall–Kier alpha value is -1.75. The fourth-order valence-electron chi connectivity index (χ4n) is 2.80. The summed E-state index contributed by atoms with van der Waals surface area (Å²) in [6.07, 6.45) is 5.32. The van der Waals surface area contributed by atoms with Crippen molar-refractivity contribution in [1.82, 2.24) is 10.6 Å². The number of aliphatic hydroxyl groups excluding tert-OH is 1. The third-order valence-electron chi connectivity index (χ3n) is 4.07. The second-order valence-corrected chi connectivity index (χ2v) is 5.76. The van der Waals surface area contributed by atoms with Crippen molar-refractivity contribution in [2.24, 2.45) is 5.92 Å². The van der Waals surface area contributed by atoms with Crippen molar-refractivity contribution >= 4 is 6.03 Å². The summed E-state index contributed by atoms with van der Waals surface area (Å²) in [6.45, 7) is 1.17. The predicted octanol–water partition coefficient (Wildman–Crippen LogP) is 2.31. The van der Waals surface area contributed by atoms with Gasteiger partial charge in [0.2, 0.25) is 0 Å². The molecule has 0 aliphatic heterocycles. The maximum absolute atomic E-state index is 11.7. The SMILES string of the molecule is O=C(NCCOc1ccccc1)NCC(O)C1CCCCC1. The highest BCUT2D eigenvalue weighted by Crippen LogP contribution is 2.26. The van der Waals surface area contributed by atoms with Crippen molar-refractivity contribution in [2.75, 3.05) is 19.7 Å². The Bertz CT molecular complexity index is 433. The molecule has 1 saturated carbocycles. The smallest absolute Gasteiger partial charge is 0.315 e. The topological polar surface area (TPSA) is 70.6 Å². The largest absolute Gasteiger partial charge is 0.492 e. The molecule has 122 valence electrons. The zero-order valence-corrected chi connectivity index (χ0v) is 13.0. The average Bonchev–Trinajstić information content (AvgIpc) is 2.58. The van der Waals surface area contributed by atoms with Crippen LogP contribution < -0.4 is 15.4 Å². The Balaban J connectivity index is 1.54. The van der Waals surface area contributed by atoms with E-state index in [2.05, 4.69) is 10.6 Å². The summed E-state index contributed by atoms with van der Waals surface area (Å²) in [5.41, 5.74) is 0. The van der Waals surface area contributed by atoms with E-state index in [-0.39, 0.29) is 6.03 Å². The number of rotatable bonds is 7. The molecular weight excluding hydrogens is 280 g/mol. The van der Waals surface area contributed by atoms with E-state index >= 15 is 0 Å². The number of nitrogens with one attached hydrogen (secondary N) is 2. The van der Waals surface area contributed by atoms with Gasteiger partial charge in [0.25, 0.3) is 0 Å². The normalized spacial score (nSPS) is 16.8. The summed E-state index contributed by atoms with van der Waals surface area (Å²) in [5, 5.41) is 15.5. The minimum atomic E-state index is -0.438. The summed E-state index contributed by atoms with van der Waals surface area (Å²) >= 11 is 0. The van der Waals surface area contributed by atoms with Gasteiger partial charge in [-0.1, -0.05) is 37.5 Å². The van der Waals surface area contributed by atoms with Crippen LogP contribution in [0.2, 0.25) is 0 Å². The monoisotopic (exact) mass is 306 g/mol. The third-order valence-corrected chi connectivity index (χ3v) is 4.07. The number of aliphatic hydroxyl groups is 1. The number of hydrogen-bond donors (Lipinski definition) is 3. The van der Waals surface area contributed by atoms with Gasteiger partial charge in [0, 0.05) is 6.54 Å². The van der Waals surface area contributed by atoms with Crippen LogP contribution in [0.5, 0.6) is 5.75 Å². The van der Waals surface area contributed by atoms with Crippen molar-refractivity contribution in [1.29, 1.82) is 0 Å². The van der Waals surface area contributed by atoms with Crippen molar-refractivity contribution in [3.8, 4) is 5.75 Å². The Morgan fingerprint density at radius 3 is 2.64 bits per heavy atom. The fraction of sp³-hybridized carbons (Fsp3) is 0.588. The Kier molecular flexibility index (Phi) is 7.03. The number of hydrogen-bond acceptors (Lipinski definition) is 3. The molecule has 1 aromatic carbocycles. The molecule has 0 aromatic heterocycles. The molecule has 0 heterocycles. The predicted molar refractivity (Wildman–Crippen MR) is 85.9 cm³/mol. The van der Waals surface area contributed by atoms with E-state index < -0.39 is 6.10 Å². The zero-order valence-electron chi connectivity index (χ0n) is 13.0. The van der Waals surface area contributed by atoms with Crippen molar-refractivity contribution in [3.63, 3.8) is 0 Å². The van der Waals surface area contributed by atoms with E-state index in [9.17, 15) is 9.90 Å². The molecule has 1 unspecified atom stereocenters. The van der Waals surface area contributed by atoms with Crippen LogP contribution in [0.3, 0.4) is 0 Å². The molecule has 1 aromatic rings. The molecule has 3 N–H and O–H groups in total. The van der Waals surface area contributed by atoms with Gasteiger partial charge in [-0.2, -0.15) is 0 Å². The van der Waals surface area contributed by atoms with Gasteiger partial charge >= 0.3 is 6.03 Å². The van der Waals surface area contributed by atoms with E-state index in [4.69, 9.17) is 4.74 Å². The highest BCUT2D eigenvalue weighted by Gasteiger charge is 2.21. The second-order valence-electron chi connectivity index (χ2n) is 5.76. The molecular formula is C17H26N2O3. The quantitative estimate of drug-likeness (QED) is 0.677. The molecule has 2 rings (SSSR count). The van der Waals surface area contributed by atoms with Crippen molar-refractivity contribution in [3.05, 3.63) is 30.3 Å². The Morgan fingerprint density at radius 2 is 1.91 bits per heavy atom. The summed E-state index contributed by atoms with van der Waals surface area (Å²) in [4.78, 5) is 11.7. The molecule has 0 bridgehead atoms. The summed E-state index contributed by atoms with van der Waals surface area (Å²) in [6, 6.07) is 9.23. The zero-order chi connectivity index (χ0) is 15.6. The number of ether oxygens (including phenoxy) is 1. The lowest BCUT2D eigenvalue weighted by molar-refractivity contribution is 0.0858. The van der Waals surface area contributed by atoms with Crippen molar-refractivity contribution < 1.29 is 14.6 Å². The van der Waals surface area contributed by atoms with Gasteiger partial charge in [-0.25, -0.2) is 4.79 Å². The number of benzene rings is 1. The Morgan fingerprint density at radius 1 is 1.18 bits per heavy atom. The average molecular weight is 306 g/mol. The minimum Gasteiger partial charge on any atom is -0.492 e. The second kappa shape index (κ2) is 9.30. The third kappa shape index (κ3) is 5.93. The molecule has 2 amide bonds. The van der Waals surface area contributed by atoms with Gasteiger partial charge in [0.15, 0.2) is 0 Å². The lowest BCUT2D eigenvalue weighted by Crippen LogP contribution is -2.43. The Labute approximate surface area is 132 Å². The lowest BCUT2D eigenvalue weighted by Gasteiger charge is -2.26. The van der Waals surface area contributed by atoms with Gasteiger partial charge < -0.3 is 20.5 Å². The molecule has 5 nitrogen and oxygen atoms in total. The van der Waals surface area contributed by atoms with Crippen LogP contribution in [0.4, 0.5) is 4.79 Å². The van der Waals surface area contributed by atoms with E-state index in [1.165, 1.54) is 19.3 Å². The van der Waals surface area contributed by atoms with Crippen LogP contribution in [0, 0.1) is 5.92 Å². The van der Waals surface area contributed by atoms with Crippen LogP contribution >= 0.6 is 0 Å². The first-order valence-corrected chi connectivity index (χ1v) is 8.13. The highest BCUT2D eigenvalue weighted by atomic mass is 16.5. The van der Waals surface area contributed by atoms with E-state index in [1.807, 2.05) is 30.3 Å². The number of carbonyl (C=O) groups is 1. The van der Waals surface area contributed by atoms with Crippen LogP contribution in [0.1, 0.15) is 32.1 Å². The molecule has 22 heavy (non-hydrogen) atoms. The van der Waals surface area contributed by atoms with Gasteiger partial charge in [0.1, 0.15) is 12.4 Å². The molecule has 1 atom stereocenters. The first kappa shape index (κ1) is 16.6. The number of para-hydroxylation sites is 1. The maximum atomic E-state index is 11.7. The maximum Gasteiger partial charge on any atom is 0.315 e.